The Labute approximate surface area is 180 Å². The summed E-state index contributed by atoms with van der Waals surface area (Å²) in [6.07, 6.45) is 5.75. The minimum Gasteiger partial charge on any atom is -0.333 e. The van der Waals surface area contributed by atoms with E-state index in [2.05, 4.69) is 35.6 Å². The second kappa shape index (κ2) is 8.57. The van der Waals surface area contributed by atoms with Gasteiger partial charge < -0.3 is 9.80 Å². The number of fused-ring (bicyclic) bond motifs is 1. The van der Waals surface area contributed by atoms with Crippen LogP contribution in [0.1, 0.15) is 15.3 Å². The van der Waals surface area contributed by atoms with Crippen LogP contribution in [0.3, 0.4) is 0 Å². The third-order valence-corrected chi connectivity index (χ3v) is 7.16. The molecule has 2 aromatic rings. The molecule has 0 saturated carbocycles. The number of benzene rings is 1. The molecule has 0 atom stereocenters. The number of rotatable bonds is 6. The van der Waals surface area contributed by atoms with Gasteiger partial charge in [0.05, 0.1) is 17.9 Å². The van der Waals surface area contributed by atoms with E-state index in [1.165, 1.54) is 10.4 Å². The summed E-state index contributed by atoms with van der Waals surface area (Å²) in [6.45, 7) is 3.50. The second-order valence-electron chi connectivity index (χ2n) is 7.32. The summed E-state index contributed by atoms with van der Waals surface area (Å²) in [6, 6.07) is 14.2. The van der Waals surface area contributed by atoms with E-state index < -0.39 is 10.0 Å². The van der Waals surface area contributed by atoms with E-state index in [4.69, 9.17) is 0 Å². The van der Waals surface area contributed by atoms with Gasteiger partial charge >= 0.3 is 0 Å². The topological polar surface area (TPSA) is 70.1 Å². The number of sulfonamides is 1. The van der Waals surface area contributed by atoms with E-state index in [0.717, 1.165) is 11.3 Å². The molecule has 30 heavy (non-hydrogen) atoms. The number of hydrogen-bond donors (Lipinski definition) is 0. The fourth-order valence-electron chi connectivity index (χ4n) is 3.43. The lowest BCUT2D eigenvalue weighted by molar-refractivity contribution is -0.127. The van der Waals surface area contributed by atoms with Crippen molar-refractivity contribution in [2.24, 2.45) is 4.40 Å². The summed E-state index contributed by atoms with van der Waals surface area (Å²) < 4.78 is 27.2. The van der Waals surface area contributed by atoms with Crippen LogP contribution in [-0.4, -0.2) is 48.8 Å². The van der Waals surface area contributed by atoms with Crippen LogP contribution in [0.25, 0.3) is 0 Å². The number of carbonyl (C=O) groups is 1. The Morgan fingerprint density at radius 1 is 1.17 bits per heavy atom. The summed E-state index contributed by atoms with van der Waals surface area (Å²) in [5, 5.41) is 0. The summed E-state index contributed by atoms with van der Waals surface area (Å²) >= 11 is 1.69. The van der Waals surface area contributed by atoms with Gasteiger partial charge in [0.2, 0.25) is 0 Å². The van der Waals surface area contributed by atoms with Gasteiger partial charge in [-0.3, -0.25) is 4.79 Å². The van der Waals surface area contributed by atoms with Crippen LogP contribution in [0.15, 0.2) is 70.8 Å². The quantitative estimate of drug-likeness (QED) is 0.691. The van der Waals surface area contributed by atoms with Crippen molar-refractivity contribution in [1.82, 2.24) is 9.80 Å². The SMILES string of the molecule is Cc1ccc(CN(CCc2ccccc2)C(=O)C2=CN3CCS(=O)(=O)N=C3C=C2)s1. The molecular formula is C22H23N3O3S2. The standard InChI is InChI=1S/C22H23N3O3S2/c1-17-7-9-20(29-17)16-25(12-11-18-5-3-2-4-6-18)22(26)19-8-10-21-23-30(27,28)14-13-24(21)15-19/h2-10,15H,11-14,16H2,1H3. The van der Waals surface area contributed by atoms with Gasteiger partial charge in [-0.05, 0) is 43.2 Å². The first kappa shape index (κ1) is 20.6. The molecule has 4 rings (SSSR count). The first-order valence-electron chi connectivity index (χ1n) is 9.77. The Morgan fingerprint density at radius 2 is 1.97 bits per heavy atom. The summed E-state index contributed by atoms with van der Waals surface area (Å²) in [5.41, 5.74) is 1.72. The Bertz CT molecular complexity index is 1130. The second-order valence-corrected chi connectivity index (χ2v) is 10.4. The van der Waals surface area contributed by atoms with Crippen molar-refractivity contribution in [2.45, 2.75) is 19.9 Å². The van der Waals surface area contributed by atoms with E-state index >= 15 is 0 Å². The van der Waals surface area contributed by atoms with Crippen molar-refractivity contribution in [1.29, 1.82) is 0 Å². The zero-order chi connectivity index (χ0) is 21.1. The molecule has 0 saturated heterocycles. The molecule has 0 spiro atoms. The van der Waals surface area contributed by atoms with Gasteiger partial charge in [-0.1, -0.05) is 30.3 Å². The Balaban J connectivity index is 1.54. The van der Waals surface area contributed by atoms with Crippen LogP contribution < -0.4 is 0 Å². The number of thiophene rings is 1. The maximum Gasteiger partial charge on any atom is 0.256 e. The van der Waals surface area contributed by atoms with Crippen LogP contribution in [0.5, 0.6) is 0 Å². The molecule has 0 radical (unpaired) electrons. The van der Waals surface area contributed by atoms with Crippen molar-refractivity contribution in [3.05, 3.63) is 81.7 Å². The smallest absolute Gasteiger partial charge is 0.256 e. The Hall–Kier alpha value is -2.71. The maximum atomic E-state index is 13.4. The van der Waals surface area contributed by atoms with E-state index in [-0.39, 0.29) is 11.7 Å². The maximum absolute atomic E-state index is 13.4. The number of amides is 1. The number of nitrogens with zero attached hydrogens (tertiary/aromatic N) is 3. The van der Waals surface area contributed by atoms with Gasteiger partial charge in [-0.15, -0.1) is 15.7 Å². The van der Waals surface area contributed by atoms with E-state index in [0.29, 0.717) is 31.0 Å². The van der Waals surface area contributed by atoms with E-state index in [1.54, 1.807) is 34.6 Å². The molecule has 2 aliphatic rings. The van der Waals surface area contributed by atoms with Gasteiger partial charge in [-0.25, -0.2) is 8.42 Å². The van der Waals surface area contributed by atoms with E-state index in [9.17, 15) is 13.2 Å². The fourth-order valence-corrected chi connectivity index (χ4v) is 5.30. The normalized spacial score (nSPS) is 17.2. The lowest BCUT2D eigenvalue weighted by atomic mass is 10.1. The molecule has 0 N–H and O–H groups in total. The number of carbonyl (C=O) groups excluding carboxylic acids is 1. The van der Waals surface area contributed by atoms with Crippen molar-refractivity contribution < 1.29 is 13.2 Å². The molecule has 3 heterocycles. The zero-order valence-electron chi connectivity index (χ0n) is 16.7. The molecule has 0 unspecified atom stereocenters. The van der Waals surface area contributed by atoms with Gasteiger partial charge in [0.1, 0.15) is 5.84 Å². The van der Waals surface area contributed by atoms with Gasteiger partial charge in [-0.2, -0.15) is 0 Å². The highest BCUT2D eigenvalue weighted by Crippen LogP contribution is 2.21. The number of hydrogen-bond acceptors (Lipinski definition) is 5. The molecule has 0 aliphatic carbocycles. The molecule has 0 bridgehead atoms. The van der Waals surface area contributed by atoms with Gasteiger partial charge in [0, 0.05) is 29.0 Å². The van der Waals surface area contributed by atoms with Crippen LogP contribution >= 0.6 is 11.3 Å². The van der Waals surface area contributed by atoms with Crippen molar-refractivity contribution in [3.63, 3.8) is 0 Å². The summed E-state index contributed by atoms with van der Waals surface area (Å²) in [4.78, 5) is 19.3. The molecule has 1 amide bonds. The van der Waals surface area contributed by atoms with Crippen LogP contribution in [-0.2, 0) is 27.8 Å². The average molecular weight is 442 g/mol. The van der Waals surface area contributed by atoms with Gasteiger partial charge in [0.15, 0.2) is 0 Å². The Kier molecular flexibility index (Phi) is 5.87. The first-order chi connectivity index (χ1) is 14.4. The average Bonchev–Trinajstić information content (AvgIpc) is 3.15. The van der Waals surface area contributed by atoms with E-state index in [1.807, 2.05) is 23.1 Å². The lowest BCUT2D eigenvalue weighted by Gasteiger charge is -2.29. The zero-order valence-corrected chi connectivity index (χ0v) is 18.3. The Morgan fingerprint density at radius 3 is 2.70 bits per heavy atom. The molecule has 1 aromatic heterocycles. The third kappa shape index (κ3) is 4.88. The lowest BCUT2D eigenvalue weighted by Crippen LogP contribution is -2.39. The summed E-state index contributed by atoms with van der Waals surface area (Å²) in [5.74, 6) is 0.248. The van der Waals surface area contributed by atoms with Crippen molar-refractivity contribution in [2.75, 3.05) is 18.8 Å². The molecule has 8 heteroatoms. The largest absolute Gasteiger partial charge is 0.333 e. The minimum absolute atomic E-state index is 0.0471. The first-order valence-corrected chi connectivity index (χ1v) is 12.2. The highest BCUT2D eigenvalue weighted by molar-refractivity contribution is 7.90. The number of amidine groups is 1. The number of aryl methyl sites for hydroxylation is 1. The molecular weight excluding hydrogens is 418 g/mol. The molecule has 0 fully saturated rings. The minimum atomic E-state index is -3.41. The highest BCUT2D eigenvalue weighted by Gasteiger charge is 2.26. The van der Waals surface area contributed by atoms with Crippen LogP contribution in [0.4, 0.5) is 0 Å². The predicted molar refractivity (Wildman–Crippen MR) is 120 cm³/mol. The molecule has 156 valence electrons. The van der Waals surface area contributed by atoms with Crippen molar-refractivity contribution in [3.8, 4) is 0 Å². The molecule has 6 nitrogen and oxygen atoms in total. The monoisotopic (exact) mass is 441 g/mol. The van der Waals surface area contributed by atoms with Gasteiger partial charge in [0.25, 0.3) is 15.9 Å². The molecule has 2 aliphatic heterocycles. The third-order valence-electron chi connectivity index (χ3n) is 5.01. The van der Waals surface area contributed by atoms with Crippen LogP contribution in [0, 0.1) is 6.92 Å². The van der Waals surface area contributed by atoms with Crippen LogP contribution in [0.2, 0.25) is 0 Å². The molecule has 1 aromatic carbocycles. The predicted octanol–water partition coefficient (Wildman–Crippen LogP) is 3.13. The van der Waals surface area contributed by atoms with Crippen molar-refractivity contribution >= 4 is 33.1 Å². The fraction of sp³-hybridized carbons (Fsp3) is 0.273. The highest BCUT2D eigenvalue weighted by atomic mass is 32.2. The summed E-state index contributed by atoms with van der Waals surface area (Å²) in [7, 11) is -3.41.